The van der Waals surface area contributed by atoms with Gasteiger partial charge in [0.25, 0.3) is 0 Å². The van der Waals surface area contributed by atoms with Crippen molar-refractivity contribution in [3.8, 4) is 11.3 Å². The maximum absolute atomic E-state index is 6.08. The molecule has 0 spiro atoms. The number of hydrogen-bond donors (Lipinski definition) is 0. The summed E-state index contributed by atoms with van der Waals surface area (Å²) in [5, 5.41) is 4.62. The molecule has 2 aromatic rings. The predicted molar refractivity (Wildman–Crippen MR) is 111 cm³/mol. The molecule has 1 saturated heterocycles. The van der Waals surface area contributed by atoms with E-state index in [1.54, 1.807) is 0 Å². The Kier molecular flexibility index (Phi) is 4.62. The monoisotopic (exact) mass is 384 g/mol. The molecular weight excluding hydrogens is 355 g/mol. The van der Waals surface area contributed by atoms with Gasteiger partial charge in [-0.2, -0.15) is 5.10 Å². The van der Waals surface area contributed by atoms with Crippen LogP contribution in [0.2, 0.25) is 25.7 Å². The van der Waals surface area contributed by atoms with Gasteiger partial charge < -0.3 is 14.0 Å². The highest BCUT2D eigenvalue weighted by Crippen LogP contribution is 2.58. The first-order valence-corrected chi connectivity index (χ1v) is 13.5. The highest BCUT2D eigenvalue weighted by atomic mass is 28.3. The van der Waals surface area contributed by atoms with Crippen LogP contribution in [0.5, 0.6) is 0 Å². The summed E-state index contributed by atoms with van der Waals surface area (Å²) < 4.78 is 19.8. The molecule has 0 amide bonds. The van der Waals surface area contributed by atoms with Crippen molar-refractivity contribution in [3.05, 3.63) is 36.5 Å². The molecule has 1 aliphatic carbocycles. The second-order valence-corrected chi connectivity index (χ2v) is 15.0. The van der Waals surface area contributed by atoms with Crippen LogP contribution in [-0.2, 0) is 20.8 Å². The first-order valence-electron chi connectivity index (χ1n) is 9.75. The molecule has 144 valence electrons. The van der Waals surface area contributed by atoms with Crippen LogP contribution < -0.4 is 5.46 Å². The number of nitrogens with zero attached hydrogens (tertiary/aromatic N) is 2. The van der Waals surface area contributed by atoms with E-state index in [1.165, 1.54) is 6.04 Å². The van der Waals surface area contributed by atoms with E-state index < -0.39 is 8.07 Å². The lowest BCUT2D eigenvalue weighted by Gasteiger charge is -2.15. The van der Waals surface area contributed by atoms with Crippen LogP contribution in [0.4, 0.5) is 0 Å². The topological polar surface area (TPSA) is 45.5 Å². The molecular formula is C20H29BN2O3Si. The fourth-order valence-electron chi connectivity index (χ4n) is 3.50. The predicted octanol–water partition coefficient (Wildman–Crippen LogP) is 3.53. The Morgan fingerprint density at radius 3 is 2.41 bits per heavy atom. The van der Waals surface area contributed by atoms with Gasteiger partial charge in [0.2, 0.25) is 0 Å². The molecule has 4 rings (SSSR count). The van der Waals surface area contributed by atoms with Crippen molar-refractivity contribution < 1.29 is 14.0 Å². The number of fused-ring (bicyclic) bond motifs is 1. The third kappa shape index (κ3) is 3.92. The van der Waals surface area contributed by atoms with Gasteiger partial charge in [0, 0.05) is 32.9 Å². The quantitative estimate of drug-likeness (QED) is 0.541. The number of benzene rings is 1. The van der Waals surface area contributed by atoms with E-state index in [0.717, 1.165) is 29.7 Å². The molecule has 1 aromatic heterocycles. The fourth-order valence-corrected chi connectivity index (χ4v) is 4.26. The zero-order chi connectivity index (χ0) is 19.3. The minimum absolute atomic E-state index is 0.120. The van der Waals surface area contributed by atoms with Crippen LogP contribution in [0.25, 0.3) is 11.3 Å². The summed E-state index contributed by atoms with van der Waals surface area (Å²) in [6, 6.07) is 11.5. The number of rotatable bonds is 7. The van der Waals surface area contributed by atoms with E-state index in [0.29, 0.717) is 6.73 Å². The highest BCUT2D eigenvalue weighted by molar-refractivity contribution is 6.76. The first kappa shape index (κ1) is 18.9. The minimum atomic E-state index is -1.05. The molecule has 0 bridgehead atoms. The summed E-state index contributed by atoms with van der Waals surface area (Å²) in [6.07, 6.45) is 2.95. The SMILES string of the molecule is CC12CC1(C)OB(c1ccc(-c3ccn(COCC[Si](C)(C)C)n3)cc1)O2. The average molecular weight is 384 g/mol. The molecule has 2 atom stereocenters. The number of aromatic nitrogens is 2. The zero-order valence-electron chi connectivity index (χ0n) is 17.0. The molecule has 2 unspecified atom stereocenters. The maximum atomic E-state index is 6.08. The van der Waals surface area contributed by atoms with Crippen molar-refractivity contribution in [2.24, 2.45) is 0 Å². The van der Waals surface area contributed by atoms with E-state index in [9.17, 15) is 0 Å². The summed E-state index contributed by atoms with van der Waals surface area (Å²) in [5.74, 6) is 0. The Morgan fingerprint density at radius 1 is 1.11 bits per heavy atom. The molecule has 5 nitrogen and oxygen atoms in total. The Hall–Kier alpha value is -1.41. The second kappa shape index (κ2) is 6.58. The summed E-state index contributed by atoms with van der Waals surface area (Å²) in [5.41, 5.74) is 2.85. The van der Waals surface area contributed by atoms with Crippen LogP contribution in [-0.4, -0.2) is 42.8 Å². The lowest BCUT2D eigenvalue weighted by atomic mass is 9.78. The molecule has 1 saturated carbocycles. The molecule has 27 heavy (non-hydrogen) atoms. The van der Waals surface area contributed by atoms with E-state index in [1.807, 2.05) is 16.9 Å². The van der Waals surface area contributed by atoms with Gasteiger partial charge in [-0.1, -0.05) is 43.9 Å². The van der Waals surface area contributed by atoms with Crippen molar-refractivity contribution in [2.75, 3.05) is 6.61 Å². The van der Waals surface area contributed by atoms with Crippen molar-refractivity contribution in [3.63, 3.8) is 0 Å². The molecule has 0 radical (unpaired) electrons. The highest BCUT2D eigenvalue weighted by Gasteiger charge is 2.71. The van der Waals surface area contributed by atoms with Crippen molar-refractivity contribution >= 4 is 20.7 Å². The normalized spacial score (nSPS) is 27.1. The van der Waals surface area contributed by atoms with E-state index in [2.05, 4.69) is 62.9 Å². The Morgan fingerprint density at radius 2 is 1.78 bits per heavy atom. The van der Waals surface area contributed by atoms with Gasteiger partial charge in [-0.15, -0.1) is 0 Å². The molecule has 1 aromatic carbocycles. The molecule has 7 heteroatoms. The van der Waals surface area contributed by atoms with Gasteiger partial charge in [-0.25, -0.2) is 4.68 Å². The van der Waals surface area contributed by atoms with Gasteiger partial charge in [0.05, 0.1) is 16.9 Å². The second-order valence-electron chi connectivity index (χ2n) is 9.42. The van der Waals surface area contributed by atoms with E-state index >= 15 is 0 Å². The molecule has 2 aliphatic rings. The van der Waals surface area contributed by atoms with Gasteiger partial charge in [0.15, 0.2) is 0 Å². The lowest BCUT2D eigenvalue weighted by molar-refractivity contribution is 0.0787. The summed E-state index contributed by atoms with van der Waals surface area (Å²) in [6.45, 7) is 12.6. The smallest absolute Gasteiger partial charge is 0.399 e. The maximum Gasteiger partial charge on any atom is 0.494 e. The van der Waals surface area contributed by atoms with Gasteiger partial charge in [-0.3, -0.25) is 0 Å². The molecule has 1 aliphatic heterocycles. The van der Waals surface area contributed by atoms with Gasteiger partial charge in [-0.05, 0) is 31.4 Å². The first-order chi connectivity index (χ1) is 12.7. The van der Waals surface area contributed by atoms with Crippen LogP contribution in [0.15, 0.2) is 36.5 Å². The Balaban J connectivity index is 1.34. The number of ether oxygens (including phenoxy) is 1. The van der Waals surface area contributed by atoms with Crippen LogP contribution in [0, 0.1) is 0 Å². The van der Waals surface area contributed by atoms with Crippen LogP contribution >= 0.6 is 0 Å². The molecule has 2 fully saturated rings. The van der Waals surface area contributed by atoms with Gasteiger partial charge in [0.1, 0.15) is 6.73 Å². The third-order valence-corrected chi connectivity index (χ3v) is 7.45. The largest absolute Gasteiger partial charge is 0.494 e. The van der Waals surface area contributed by atoms with Crippen LogP contribution in [0.1, 0.15) is 20.3 Å². The minimum Gasteiger partial charge on any atom is -0.399 e. The summed E-state index contributed by atoms with van der Waals surface area (Å²) in [7, 11) is -1.31. The molecule has 2 heterocycles. The number of hydrogen-bond acceptors (Lipinski definition) is 4. The summed E-state index contributed by atoms with van der Waals surface area (Å²) >= 11 is 0. The molecule has 0 N–H and O–H groups in total. The fraction of sp³-hybridized carbons (Fsp3) is 0.550. The zero-order valence-corrected chi connectivity index (χ0v) is 18.0. The average Bonchev–Trinajstić information content (AvgIpc) is 2.93. The van der Waals surface area contributed by atoms with E-state index in [-0.39, 0.29) is 18.3 Å². The standard InChI is InChI=1S/C20H29BN2O3Si/c1-19-14-20(19,2)26-21(25-19)17-8-6-16(7-9-17)18-10-11-23(22-18)15-24-12-13-27(3,4)5/h6-11H,12-15H2,1-5H3. The lowest BCUT2D eigenvalue weighted by Crippen LogP contribution is -2.35. The van der Waals surface area contributed by atoms with Crippen molar-refractivity contribution in [2.45, 2.75) is 63.9 Å². The summed E-state index contributed by atoms with van der Waals surface area (Å²) in [4.78, 5) is 0. The Labute approximate surface area is 163 Å². The van der Waals surface area contributed by atoms with E-state index in [4.69, 9.17) is 14.0 Å². The third-order valence-electron chi connectivity index (χ3n) is 5.74. The van der Waals surface area contributed by atoms with Crippen molar-refractivity contribution in [1.82, 2.24) is 9.78 Å². The Bertz CT molecular complexity index is 803. The van der Waals surface area contributed by atoms with Crippen LogP contribution in [0.3, 0.4) is 0 Å². The van der Waals surface area contributed by atoms with Gasteiger partial charge >= 0.3 is 7.12 Å². The van der Waals surface area contributed by atoms with Crippen molar-refractivity contribution in [1.29, 1.82) is 0 Å².